The number of ether oxygens (including phenoxy) is 1. The highest BCUT2D eigenvalue weighted by Crippen LogP contribution is 2.36. The van der Waals surface area contributed by atoms with Gasteiger partial charge in [0.1, 0.15) is 11.9 Å². The second kappa shape index (κ2) is 4.63. The van der Waals surface area contributed by atoms with Gasteiger partial charge in [-0.1, -0.05) is 12.1 Å². The molecule has 2 rings (SSSR count). The summed E-state index contributed by atoms with van der Waals surface area (Å²) in [6, 6.07) is 5.46. The van der Waals surface area contributed by atoms with Gasteiger partial charge in [0.25, 0.3) is 0 Å². The normalized spacial score (nSPS) is 19.0. The third kappa shape index (κ3) is 2.08. The van der Waals surface area contributed by atoms with Gasteiger partial charge in [-0.25, -0.2) is 4.89 Å². The van der Waals surface area contributed by atoms with E-state index in [-0.39, 0.29) is 12.1 Å². The fourth-order valence-corrected chi connectivity index (χ4v) is 2.13. The summed E-state index contributed by atoms with van der Waals surface area (Å²) >= 11 is 0. The average molecular weight is 222 g/mol. The van der Waals surface area contributed by atoms with Gasteiger partial charge in [-0.05, 0) is 30.9 Å². The summed E-state index contributed by atoms with van der Waals surface area (Å²) in [5.41, 5.74) is 1.87. The second-order valence-corrected chi connectivity index (χ2v) is 3.90. The Bertz CT molecular complexity index is 400. The minimum Gasteiger partial charge on any atom is -0.426 e. The van der Waals surface area contributed by atoms with Crippen molar-refractivity contribution in [1.82, 2.24) is 0 Å². The zero-order valence-corrected chi connectivity index (χ0v) is 9.10. The van der Waals surface area contributed by atoms with Crippen LogP contribution in [0.2, 0.25) is 0 Å². The molecule has 1 aromatic rings. The van der Waals surface area contributed by atoms with Crippen LogP contribution >= 0.6 is 0 Å². The van der Waals surface area contributed by atoms with Crippen LogP contribution in [0.1, 0.15) is 37.0 Å². The van der Waals surface area contributed by atoms with E-state index in [2.05, 4.69) is 4.89 Å². The largest absolute Gasteiger partial charge is 0.426 e. The molecule has 0 spiro atoms. The van der Waals surface area contributed by atoms with Gasteiger partial charge in [0.05, 0.1) is 0 Å². The van der Waals surface area contributed by atoms with Crippen molar-refractivity contribution in [3.05, 3.63) is 29.3 Å². The number of hydrogen-bond donors (Lipinski definition) is 1. The maximum atomic E-state index is 10.9. The Morgan fingerprint density at radius 3 is 3.00 bits per heavy atom. The predicted octanol–water partition coefficient (Wildman–Crippen LogP) is 2.48. The molecule has 1 aliphatic rings. The number of benzene rings is 1. The highest BCUT2D eigenvalue weighted by atomic mass is 17.1. The molecule has 4 heteroatoms. The molecule has 16 heavy (non-hydrogen) atoms. The first-order valence-corrected chi connectivity index (χ1v) is 5.33. The van der Waals surface area contributed by atoms with Crippen molar-refractivity contribution in [2.75, 3.05) is 0 Å². The van der Waals surface area contributed by atoms with E-state index in [1.54, 1.807) is 12.1 Å². The number of fused-ring (bicyclic) bond motifs is 1. The maximum absolute atomic E-state index is 10.9. The molecule has 1 aliphatic carbocycles. The van der Waals surface area contributed by atoms with Crippen LogP contribution in [0.25, 0.3) is 0 Å². The van der Waals surface area contributed by atoms with Crippen LogP contribution in [0.5, 0.6) is 5.75 Å². The zero-order chi connectivity index (χ0) is 11.5. The number of carbonyl (C=O) groups excluding carboxylic acids is 1. The predicted molar refractivity (Wildman–Crippen MR) is 57.1 cm³/mol. The fourth-order valence-electron chi connectivity index (χ4n) is 2.13. The third-order valence-corrected chi connectivity index (χ3v) is 2.79. The molecule has 1 aromatic carbocycles. The van der Waals surface area contributed by atoms with Crippen molar-refractivity contribution < 1.29 is 19.7 Å². The van der Waals surface area contributed by atoms with Crippen LogP contribution in [-0.2, 0) is 16.1 Å². The first kappa shape index (κ1) is 11.1. The molecule has 0 amide bonds. The smallest absolute Gasteiger partial charge is 0.308 e. The molecule has 86 valence electrons. The SMILES string of the molecule is CC(=O)Oc1cccc2c1CCCC2OO. The number of hydrogen-bond acceptors (Lipinski definition) is 4. The highest BCUT2D eigenvalue weighted by molar-refractivity contribution is 5.70. The van der Waals surface area contributed by atoms with E-state index in [0.717, 1.165) is 30.4 Å². The van der Waals surface area contributed by atoms with Crippen molar-refractivity contribution in [3.8, 4) is 5.75 Å². The van der Waals surface area contributed by atoms with Gasteiger partial charge in [-0.3, -0.25) is 10.1 Å². The Hall–Kier alpha value is -1.39. The lowest BCUT2D eigenvalue weighted by atomic mass is 9.89. The second-order valence-electron chi connectivity index (χ2n) is 3.90. The fraction of sp³-hybridized carbons (Fsp3) is 0.417. The minimum absolute atomic E-state index is 0.306. The van der Waals surface area contributed by atoms with Crippen LogP contribution in [0, 0.1) is 0 Å². The van der Waals surface area contributed by atoms with Gasteiger partial charge in [-0.2, -0.15) is 0 Å². The van der Waals surface area contributed by atoms with E-state index >= 15 is 0 Å². The molecular weight excluding hydrogens is 208 g/mol. The van der Waals surface area contributed by atoms with Crippen molar-refractivity contribution in [3.63, 3.8) is 0 Å². The van der Waals surface area contributed by atoms with Crippen molar-refractivity contribution >= 4 is 5.97 Å². The Morgan fingerprint density at radius 1 is 1.50 bits per heavy atom. The van der Waals surface area contributed by atoms with Crippen molar-refractivity contribution in [2.24, 2.45) is 0 Å². The average Bonchev–Trinajstić information content (AvgIpc) is 2.28. The number of carbonyl (C=O) groups is 1. The highest BCUT2D eigenvalue weighted by Gasteiger charge is 2.23. The van der Waals surface area contributed by atoms with Crippen LogP contribution in [0.3, 0.4) is 0 Å². The molecule has 0 radical (unpaired) electrons. The molecule has 1 unspecified atom stereocenters. The lowest BCUT2D eigenvalue weighted by molar-refractivity contribution is -0.284. The van der Waals surface area contributed by atoms with Crippen LogP contribution < -0.4 is 4.74 Å². The summed E-state index contributed by atoms with van der Waals surface area (Å²) in [6.07, 6.45) is 2.24. The monoisotopic (exact) mass is 222 g/mol. The van der Waals surface area contributed by atoms with Gasteiger partial charge < -0.3 is 4.74 Å². The summed E-state index contributed by atoms with van der Waals surface area (Å²) in [7, 11) is 0. The summed E-state index contributed by atoms with van der Waals surface area (Å²) in [5.74, 6) is 0.243. The minimum atomic E-state index is -0.333. The maximum Gasteiger partial charge on any atom is 0.308 e. The lowest BCUT2D eigenvalue weighted by Crippen LogP contribution is -2.14. The molecule has 0 fully saturated rings. The topological polar surface area (TPSA) is 55.8 Å². The molecule has 0 saturated heterocycles. The molecule has 0 heterocycles. The third-order valence-electron chi connectivity index (χ3n) is 2.79. The van der Waals surface area contributed by atoms with E-state index in [1.165, 1.54) is 6.92 Å². The summed E-state index contributed by atoms with van der Waals surface area (Å²) in [5, 5.41) is 8.80. The van der Waals surface area contributed by atoms with Crippen LogP contribution in [0.4, 0.5) is 0 Å². The van der Waals surface area contributed by atoms with Crippen molar-refractivity contribution in [1.29, 1.82) is 0 Å². The standard InChI is InChI=1S/C12H14O4/c1-8(13)15-11-6-2-5-10-9(11)4-3-7-12(10)16-14/h2,5-6,12,14H,3-4,7H2,1H3. The van der Waals surface area contributed by atoms with E-state index in [4.69, 9.17) is 9.99 Å². The summed E-state index contributed by atoms with van der Waals surface area (Å²) in [6.45, 7) is 1.38. The van der Waals surface area contributed by atoms with Gasteiger partial charge in [-0.15, -0.1) is 0 Å². The Labute approximate surface area is 93.7 Å². The quantitative estimate of drug-likeness (QED) is 0.361. The molecule has 0 aromatic heterocycles. The Morgan fingerprint density at radius 2 is 2.31 bits per heavy atom. The van der Waals surface area contributed by atoms with Crippen LogP contribution in [0.15, 0.2) is 18.2 Å². The molecule has 4 nitrogen and oxygen atoms in total. The van der Waals surface area contributed by atoms with Crippen LogP contribution in [-0.4, -0.2) is 11.2 Å². The van der Waals surface area contributed by atoms with Gasteiger partial charge in [0, 0.05) is 12.5 Å². The Kier molecular flexibility index (Phi) is 3.22. The molecule has 0 bridgehead atoms. The van der Waals surface area contributed by atoms with Gasteiger partial charge in [0.15, 0.2) is 0 Å². The number of rotatable bonds is 2. The van der Waals surface area contributed by atoms with E-state index < -0.39 is 0 Å². The van der Waals surface area contributed by atoms with E-state index in [9.17, 15) is 4.79 Å². The Balaban J connectivity index is 2.38. The lowest BCUT2D eigenvalue weighted by Gasteiger charge is -2.24. The summed E-state index contributed by atoms with van der Waals surface area (Å²) < 4.78 is 5.13. The zero-order valence-electron chi connectivity index (χ0n) is 9.10. The van der Waals surface area contributed by atoms with E-state index in [0.29, 0.717) is 5.75 Å². The van der Waals surface area contributed by atoms with Crippen molar-refractivity contribution in [2.45, 2.75) is 32.3 Å². The molecule has 1 atom stereocenters. The van der Waals surface area contributed by atoms with Gasteiger partial charge in [0.2, 0.25) is 0 Å². The molecular formula is C12H14O4. The molecule has 0 aliphatic heterocycles. The molecule has 0 saturated carbocycles. The summed E-state index contributed by atoms with van der Waals surface area (Å²) in [4.78, 5) is 15.4. The van der Waals surface area contributed by atoms with Gasteiger partial charge >= 0.3 is 5.97 Å². The first-order valence-electron chi connectivity index (χ1n) is 5.33. The molecule has 1 N–H and O–H groups in total. The number of esters is 1. The first-order chi connectivity index (χ1) is 7.72. The van der Waals surface area contributed by atoms with E-state index in [1.807, 2.05) is 6.07 Å².